The molecule has 0 radical (unpaired) electrons. The summed E-state index contributed by atoms with van der Waals surface area (Å²) in [6.07, 6.45) is 0. The van der Waals surface area contributed by atoms with E-state index in [1.54, 1.807) is 67.1 Å². The second-order valence-electron chi connectivity index (χ2n) is 7.10. The van der Waals surface area contributed by atoms with Crippen LogP contribution in [0.5, 0.6) is 0 Å². The number of hydrogen-bond acceptors (Lipinski definition) is 7. The topological polar surface area (TPSA) is 115 Å². The smallest absolute Gasteiger partial charge is 0.338 e. The molecule has 2 N–H and O–H groups in total. The van der Waals surface area contributed by atoms with Gasteiger partial charge in [-0.2, -0.15) is 0 Å². The molecule has 9 nitrogen and oxygen atoms in total. The minimum Gasteiger partial charge on any atom is -0.462 e. The van der Waals surface area contributed by atoms with Gasteiger partial charge >= 0.3 is 5.97 Å². The normalized spacial score (nSPS) is 11.5. The van der Waals surface area contributed by atoms with Crippen LogP contribution in [0.15, 0.2) is 59.8 Å². The maximum Gasteiger partial charge on any atom is 0.338 e. The number of aromatic nitrogens is 3. The van der Waals surface area contributed by atoms with E-state index in [9.17, 15) is 14.4 Å². The van der Waals surface area contributed by atoms with Crippen LogP contribution in [-0.4, -0.2) is 44.9 Å². The monoisotopic (exact) mass is 467 g/mol. The van der Waals surface area contributed by atoms with E-state index in [2.05, 4.69) is 20.8 Å². The summed E-state index contributed by atoms with van der Waals surface area (Å²) >= 11 is 1.22. The van der Waals surface area contributed by atoms with Gasteiger partial charge in [-0.1, -0.05) is 36.0 Å². The molecule has 1 atom stereocenters. The first-order chi connectivity index (χ1) is 15.9. The van der Waals surface area contributed by atoms with E-state index in [4.69, 9.17) is 4.74 Å². The summed E-state index contributed by atoms with van der Waals surface area (Å²) in [7, 11) is 1.78. The number of nitrogens with zero attached hydrogens (tertiary/aromatic N) is 3. The van der Waals surface area contributed by atoms with Crippen molar-refractivity contribution in [2.24, 2.45) is 7.05 Å². The fourth-order valence-electron chi connectivity index (χ4n) is 3.03. The highest BCUT2D eigenvalue weighted by molar-refractivity contribution is 7.99. The fraction of sp³-hybridized carbons (Fsp3) is 0.261. The van der Waals surface area contributed by atoms with Gasteiger partial charge in [-0.3, -0.25) is 9.59 Å². The zero-order valence-corrected chi connectivity index (χ0v) is 19.4. The van der Waals surface area contributed by atoms with Crippen molar-refractivity contribution in [3.8, 4) is 0 Å². The second kappa shape index (κ2) is 11.3. The number of amides is 2. The molecule has 0 aliphatic heterocycles. The summed E-state index contributed by atoms with van der Waals surface area (Å²) in [6, 6.07) is 15.1. The zero-order chi connectivity index (χ0) is 23.8. The average Bonchev–Trinajstić information content (AvgIpc) is 3.19. The Labute approximate surface area is 195 Å². The Kier molecular flexibility index (Phi) is 8.20. The molecular weight excluding hydrogens is 442 g/mol. The minimum absolute atomic E-state index is 0.0976. The molecule has 10 heteroatoms. The Hall–Kier alpha value is -3.66. The Morgan fingerprint density at radius 1 is 1.06 bits per heavy atom. The van der Waals surface area contributed by atoms with Crippen LogP contribution in [0.4, 0.5) is 5.69 Å². The van der Waals surface area contributed by atoms with Gasteiger partial charge in [0.05, 0.1) is 24.0 Å². The largest absolute Gasteiger partial charge is 0.462 e. The molecule has 172 valence electrons. The van der Waals surface area contributed by atoms with Gasteiger partial charge in [-0.15, -0.1) is 10.2 Å². The Balaban J connectivity index is 1.56. The summed E-state index contributed by atoms with van der Waals surface area (Å²) in [4.78, 5) is 36.6. The number of rotatable bonds is 9. The van der Waals surface area contributed by atoms with E-state index in [1.165, 1.54) is 11.8 Å². The number of benzene rings is 2. The van der Waals surface area contributed by atoms with Crippen molar-refractivity contribution in [3.05, 3.63) is 71.5 Å². The molecule has 0 aliphatic carbocycles. The first kappa shape index (κ1) is 24.0. The quantitative estimate of drug-likeness (QED) is 0.367. The van der Waals surface area contributed by atoms with Crippen LogP contribution in [-0.2, 0) is 16.6 Å². The lowest BCUT2D eigenvalue weighted by molar-refractivity contribution is -0.113. The van der Waals surface area contributed by atoms with E-state index in [0.29, 0.717) is 27.8 Å². The van der Waals surface area contributed by atoms with Gasteiger partial charge < -0.3 is 19.9 Å². The van der Waals surface area contributed by atoms with Crippen molar-refractivity contribution in [2.75, 3.05) is 17.7 Å². The molecule has 2 amide bonds. The first-order valence-electron chi connectivity index (χ1n) is 10.3. The maximum atomic E-state index is 12.4. The number of esters is 1. The predicted octanol–water partition coefficient (Wildman–Crippen LogP) is 3.21. The Morgan fingerprint density at radius 2 is 1.79 bits per heavy atom. The van der Waals surface area contributed by atoms with Crippen LogP contribution < -0.4 is 10.6 Å². The van der Waals surface area contributed by atoms with Crippen LogP contribution in [0.2, 0.25) is 0 Å². The van der Waals surface area contributed by atoms with Crippen molar-refractivity contribution in [2.45, 2.75) is 25.0 Å². The van der Waals surface area contributed by atoms with Crippen LogP contribution in [0, 0.1) is 0 Å². The van der Waals surface area contributed by atoms with Crippen molar-refractivity contribution >= 4 is 35.2 Å². The molecular formula is C23H25N5O4S. The minimum atomic E-state index is -0.442. The van der Waals surface area contributed by atoms with Crippen LogP contribution in [0.25, 0.3) is 0 Å². The van der Waals surface area contributed by atoms with E-state index >= 15 is 0 Å². The molecule has 1 aromatic heterocycles. The lowest BCUT2D eigenvalue weighted by Gasteiger charge is -2.13. The summed E-state index contributed by atoms with van der Waals surface area (Å²) in [5.74, 6) is -0.228. The molecule has 3 aromatic rings. The van der Waals surface area contributed by atoms with Crippen molar-refractivity contribution in [3.63, 3.8) is 0 Å². The molecule has 3 rings (SSSR count). The van der Waals surface area contributed by atoms with E-state index in [0.717, 1.165) is 0 Å². The van der Waals surface area contributed by atoms with Crippen LogP contribution >= 0.6 is 11.8 Å². The number of anilines is 1. The predicted molar refractivity (Wildman–Crippen MR) is 125 cm³/mol. The Morgan fingerprint density at radius 3 is 2.52 bits per heavy atom. The van der Waals surface area contributed by atoms with Gasteiger partial charge in [-0.25, -0.2) is 4.79 Å². The van der Waals surface area contributed by atoms with E-state index in [1.807, 2.05) is 13.0 Å². The summed E-state index contributed by atoms with van der Waals surface area (Å²) in [5.41, 5.74) is 1.43. The molecule has 0 aliphatic rings. The molecule has 33 heavy (non-hydrogen) atoms. The number of nitrogens with one attached hydrogen (secondary N) is 2. The molecule has 2 aromatic carbocycles. The number of hydrogen-bond donors (Lipinski definition) is 2. The highest BCUT2D eigenvalue weighted by Crippen LogP contribution is 2.20. The molecule has 0 saturated heterocycles. The van der Waals surface area contributed by atoms with E-state index in [-0.39, 0.29) is 30.2 Å². The molecule has 0 bridgehead atoms. The third-order valence-electron chi connectivity index (χ3n) is 4.63. The highest BCUT2D eigenvalue weighted by atomic mass is 32.2. The SMILES string of the molecule is CCOC(=O)c1cccc(NC(=O)CSc2nnc([C@@H](C)NC(=O)c3ccccc3)n2C)c1. The Bertz CT molecular complexity index is 1130. The van der Waals surface area contributed by atoms with E-state index < -0.39 is 5.97 Å². The third kappa shape index (κ3) is 6.42. The average molecular weight is 468 g/mol. The van der Waals surface area contributed by atoms with Gasteiger partial charge in [0.25, 0.3) is 5.91 Å². The van der Waals surface area contributed by atoms with Crippen molar-refractivity contribution < 1.29 is 19.1 Å². The standard InChI is InChI=1S/C23H25N5O4S/c1-4-32-22(31)17-11-8-12-18(13-17)25-19(29)14-33-23-27-26-20(28(23)3)15(2)24-21(30)16-9-6-5-7-10-16/h5-13,15H,4,14H2,1-3H3,(H,24,30)(H,25,29)/t15-/m1/s1. The lowest BCUT2D eigenvalue weighted by Crippen LogP contribution is -2.28. The summed E-state index contributed by atoms with van der Waals surface area (Å²) < 4.78 is 6.72. The van der Waals surface area contributed by atoms with Gasteiger partial charge in [0, 0.05) is 18.3 Å². The van der Waals surface area contributed by atoms with Crippen LogP contribution in [0.3, 0.4) is 0 Å². The second-order valence-corrected chi connectivity index (χ2v) is 8.04. The van der Waals surface area contributed by atoms with Crippen LogP contribution in [0.1, 0.15) is 46.4 Å². The highest BCUT2D eigenvalue weighted by Gasteiger charge is 2.19. The number of ether oxygens (including phenoxy) is 1. The number of carbonyl (C=O) groups is 3. The zero-order valence-electron chi connectivity index (χ0n) is 18.6. The van der Waals surface area contributed by atoms with Gasteiger partial charge in [0.15, 0.2) is 11.0 Å². The van der Waals surface area contributed by atoms with Crippen molar-refractivity contribution in [1.82, 2.24) is 20.1 Å². The van der Waals surface area contributed by atoms with Gasteiger partial charge in [0.2, 0.25) is 5.91 Å². The molecule has 0 saturated carbocycles. The fourth-order valence-corrected chi connectivity index (χ4v) is 3.75. The molecule has 0 spiro atoms. The number of carbonyl (C=O) groups excluding carboxylic acids is 3. The van der Waals surface area contributed by atoms with Gasteiger partial charge in [-0.05, 0) is 44.2 Å². The molecule has 1 heterocycles. The lowest BCUT2D eigenvalue weighted by atomic mass is 10.2. The summed E-state index contributed by atoms with van der Waals surface area (Å²) in [5, 5.41) is 14.5. The molecule has 0 fully saturated rings. The van der Waals surface area contributed by atoms with Crippen molar-refractivity contribution in [1.29, 1.82) is 0 Å². The number of thioether (sulfide) groups is 1. The summed E-state index contributed by atoms with van der Waals surface area (Å²) in [6.45, 7) is 3.83. The maximum absolute atomic E-state index is 12.4. The molecule has 0 unspecified atom stereocenters. The first-order valence-corrected chi connectivity index (χ1v) is 11.3. The van der Waals surface area contributed by atoms with Gasteiger partial charge in [0.1, 0.15) is 0 Å². The third-order valence-corrected chi connectivity index (χ3v) is 5.65.